The van der Waals surface area contributed by atoms with E-state index in [1.165, 1.54) is 12.1 Å². The zero-order valence-corrected chi connectivity index (χ0v) is 12.8. The third-order valence-electron chi connectivity index (χ3n) is 3.50. The number of ether oxygens (including phenoxy) is 1. The third kappa shape index (κ3) is 2.93. The van der Waals surface area contributed by atoms with Gasteiger partial charge in [-0.2, -0.15) is 13.2 Å². The first-order valence-corrected chi connectivity index (χ1v) is 7.26. The summed E-state index contributed by atoms with van der Waals surface area (Å²) >= 11 is 3.43. The summed E-state index contributed by atoms with van der Waals surface area (Å²) in [5, 5.41) is 0. The van der Waals surface area contributed by atoms with Crippen molar-refractivity contribution in [3.05, 3.63) is 63.1 Å². The van der Waals surface area contributed by atoms with Crippen molar-refractivity contribution in [2.45, 2.75) is 25.6 Å². The van der Waals surface area contributed by atoms with Crippen LogP contribution in [-0.4, -0.2) is 0 Å². The van der Waals surface area contributed by atoms with Crippen LogP contribution in [0.2, 0.25) is 0 Å². The molecule has 0 bridgehead atoms. The molecule has 0 amide bonds. The van der Waals surface area contributed by atoms with Crippen LogP contribution in [0.3, 0.4) is 0 Å². The topological polar surface area (TPSA) is 9.23 Å². The first-order chi connectivity index (χ1) is 9.83. The van der Waals surface area contributed by atoms with Gasteiger partial charge in [0, 0.05) is 10.9 Å². The molecule has 0 saturated heterocycles. The molecule has 3 rings (SSSR count). The molecule has 0 N–H and O–H groups in total. The van der Waals surface area contributed by atoms with Crippen LogP contribution >= 0.6 is 15.9 Å². The van der Waals surface area contributed by atoms with Gasteiger partial charge in [-0.3, -0.25) is 0 Å². The molecule has 1 aliphatic heterocycles. The molecule has 2 aromatic rings. The molecule has 0 unspecified atom stereocenters. The van der Waals surface area contributed by atoms with Crippen molar-refractivity contribution in [3.8, 4) is 5.75 Å². The molecule has 5 heteroatoms. The molecule has 1 nitrogen and oxygen atoms in total. The number of rotatable bonds is 1. The third-order valence-corrected chi connectivity index (χ3v) is 3.96. The van der Waals surface area contributed by atoms with Crippen LogP contribution in [0.5, 0.6) is 5.75 Å². The summed E-state index contributed by atoms with van der Waals surface area (Å²) in [6, 6.07) is 9.56. The van der Waals surface area contributed by atoms with Crippen LogP contribution in [0.15, 0.2) is 40.9 Å². The fourth-order valence-corrected chi connectivity index (χ4v) is 3.19. The number of hydrogen-bond acceptors (Lipinski definition) is 1. The molecule has 0 aromatic heterocycles. The first-order valence-electron chi connectivity index (χ1n) is 6.47. The Labute approximate surface area is 128 Å². The Morgan fingerprint density at radius 3 is 2.57 bits per heavy atom. The normalized spacial score (nSPS) is 17.5. The number of aryl methyl sites for hydroxylation is 1. The highest BCUT2D eigenvalue weighted by atomic mass is 79.9. The molecule has 21 heavy (non-hydrogen) atoms. The maximum absolute atomic E-state index is 12.7. The number of alkyl halides is 3. The lowest BCUT2D eigenvalue weighted by Crippen LogP contribution is -2.04. The standard InChI is InChI=1S/C16H12BrF3O/c1-9-4-10(7-13(17)5-9)15-8-11-6-12(16(18,19)20)2-3-14(11)21-15/h2-7,15H,8H2,1H3/t15-/m0/s1. The summed E-state index contributed by atoms with van der Waals surface area (Å²) < 4.78 is 44.9. The Morgan fingerprint density at radius 1 is 1.14 bits per heavy atom. The highest BCUT2D eigenvalue weighted by Crippen LogP contribution is 2.40. The van der Waals surface area contributed by atoms with Gasteiger partial charge < -0.3 is 4.74 Å². The lowest BCUT2D eigenvalue weighted by molar-refractivity contribution is -0.137. The van der Waals surface area contributed by atoms with Crippen LogP contribution < -0.4 is 4.74 Å². The van der Waals surface area contributed by atoms with Gasteiger partial charge in [-0.15, -0.1) is 0 Å². The Balaban J connectivity index is 1.91. The van der Waals surface area contributed by atoms with Crippen molar-refractivity contribution in [2.24, 2.45) is 0 Å². The fraction of sp³-hybridized carbons (Fsp3) is 0.250. The maximum Gasteiger partial charge on any atom is 0.416 e. The van der Waals surface area contributed by atoms with E-state index in [1.807, 2.05) is 25.1 Å². The lowest BCUT2D eigenvalue weighted by atomic mass is 10.0. The molecule has 1 atom stereocenters. The molecule has 0 saturated carbocycles. The summed E-state index contributed by atoms with van der Waals surface area (Å²) in [6.45, 7) is 1.97. The number of halogens is 4. The SMILES string of the molecule is Cc1cc(Br)cc([C@@H]2Cc3cc(C(F)(F)F)ccc3O2)c1. The second-order valence-electron chi connectivity index (χ2n) is 5.19. The smallest absolute Gasteiger partial charge is 0.416 e. The van der Waals surface area contributed by atoms with Crippen LogP contribution in [-0.2, 0) is 12.6 Å². The van der Waals surface area contributed by atoms with Gasteiger partial charge in [0.15, 0.2) is 0 Å². The highest BCUT2D eigenvalue weighted by Gasteiger charge is 2.33. The molecular formula is C16H12BrF3O. The average molecular weight is 357 g/mol. The quantitative estimate of drug-likeness (QED) is 0.659. The summed E-state index contributed by atoms with van der Waals surface area (Å²) in [7, 11) is 0. The van der Waals surface area contributed by atoms with Crippen molar-refractivity contribution in [2.75, 3.05) is 0 Å². The van der Waals surface area contributed by atoms with Crippen molar-refractivity contribution in [1.29, 1.82) is 0 Å². The van der Waals surface area contributed by atoms with E-state index in [4.69, 9.17) is 4.74 Å². The Kier molecular flexibility index (Phi) is 3.48. The first kappa shape index (κ1) is 14.4. The molecule has 0 radical (unpaired) electrons. The zero-order valence-electron chi connectivity index (χ0n) is 11.2. The Hall–Kier alpha value is -1.49. The minimum Gasteiger partial charge on any atom is -0.485 e. The van der Waals surface area contributed by atoms with Crippen molar-refractivity contribution in [3.63, 3.8) is 0 Å². The van der Waals surface area contributed by atoms with Crippen LogP contribution in [0.4, 0.5) is 13.2 Å². The second kappa shape index (κ2) is 5.05. The van der Waals surface area contributed by atoms with Crippen LogP contribution in [0, 0.1) is 6.92 Å². The second-order valence-corrected chi connectivity index (χ2v) is 6.11. The maximum atomic E-state index is 12.7. The molecular weight excluding hydrogens is 345 g/mol. The van der Waals surface area contributed by atoms with Gasteiger partial charge in [0.05, 0.1) is 5.56 Å². The van der Waals surface area contributed by atoms with E-state index in [0.29, 0.717) is 17.7 Å². The lowest BCUT2D eigenvalue weighted by Gasteiger charge is -2.12. The van der Waals surface area contributed by atoms with Gasteiger partial charge in [-0.1, -0.05) is 22.0 Å². The van der Waals surface area contributed by atoms with Crippen molar-refractivity contribution < 1.29 is 17.9 Å². The van der Waals surface area contributed by atoms with Gasteiger partial charge >= 0.3 is 6.18 Å². The van der Waals surface area contributed by atoms with E-state index in [1.54, 1.807) is 0 Å². The van der Waals surface area contributed by atoms with E-state index < -0.39 is 11.7 Å². The molecule has 0 aliphatic carbocycles. The summed E-state index contributed by atoms with van der Waals surface area (Å²) in [6.07, 6.45) is -4.10. The van der Waals surface area contributed by atoms with Gasteiger partial charge in [-0.05, 0) is 53.9 Å². The van der Waals surface area contributed by atoms with Gasteiger partial charge in [0.1, 0.15) is 11.9 Å². The number of benzene rings is 2. The van der Waals surface area contributed by atoms with Crippen LogP contribution in [0.25, 0.3) is 0 Å². The van der Waals surface area contributed by atoms with E-state index in [9.17, 15) is 13.2 Å². The minimum atomic E-state index is -4.32. The monoisotopic (exact) mass is 356 g/mol. The van der Waals surface area contributed by atoms with Gasteiger partial charge in [-0.25, -0.2) is 0 Å². The van der Waals surface area contributed by atoms with Crippen molar-refractivity contribution >= 4 is 15.9 Å². The van der Waals surface area contributed by atoms with Crippen LogP contribution in [0.1, 0.15) is 28.4 Å². The largest absolute Gasteiger partial charge is 0.485 e. The Morgan fingerprint density at radius 2 is 1.90 bits per heavy atom. The Bertz CT molecular complexity index is 674. The van der Waals surface area contributed by atoms with Crippen molar-refractivity contribution in [1.82, 2.24) is 0 Å². The highest BCUT2D eigenvalue weighted by molar-refractivity contribution is 9.10. The van der Waals surface area contributed by atoms with E-state index >= 15 is 0 Å². The molecule has 0 fully saturated rings. The number of hydrogen-bond donors (Lipinski definition) is 0. The zero-order chi connectivity index (χ0) is 15.2. The molecule has 2 aromatic carbocycles. The minimum absolute atomic E-state index is 0.236. The summed E-state index contributed by atoms with van der Waals surface area (Å²) in [5.41, 5.74) is 2.02. The predicted octanol–water partition coefficient (Wildman–Crippen LogP) is 5.45. The van der Waals surface area contributed by atoms with E-state index in [-0.39, 0.29) is 6.10 Å². The molecule has 1 aliphatic rings. The van der Waals surface area contributed by atoms with E-state index in [0.717, 1.165) is 21.7 Å². The molecule has 0 spiro atoms. The van der Waals surface area contributed by atoms with Gasteiger partial charge in [0.2, 0.25) is 0 Å². The average Bonchev–Trinajstić information content (AvgIpc) is 2.79. The van der Waals surface area contributed by atoms with Gasteiger partial charge in [0.25, 0.3) is 0 Å². The number of fused-ring (bicyclic) bond motifs is 1. The molecule has 110 valence electrons. The summed E-state index contributed by atoms with van der Waals surface area (Å²) in [5.74, 6) is 0.533. The fourth-order valence-electron chi connectivity index (χ4n) is 2.56. The predicted molar refractivity (Wildman–Crippen MR) is 77.4 cm³/mol. The molecule has 1 heterocycles. The van der Waals surface area contributed by atoms with E-state index in [2.05, 4.69) is 15.9 Å². The summed E-state index contributed by atoms with van der Waals surface area (Å²) in [4.78, 5) is 0.